The Kier molecular flexibility index (Phi) is 7.99. The van der Waals surface area contributed by atoms with Crippen LogP contribution >= 0.6 is 0 Å². The molecule has 3 aromatic rings. The maximum Gasteiger partial charge on any atom is 0.287 e. The van der Waals surface area contributed by atoms with Crippen molar-refractivity contribution in [2.24, 2.45) is 12.8 Å². The monoisotopic (exact) mass is 407 g/mol. The van der Waals surface area contributed by atoms with E-state index in [-0.39, 0.29) is 12.0 Å². The molecule has 0 saturated carbocycles. The average Bonchev–Trinajstić information content (AvgIpc) is 3.17. The molecule has 0 aliphatic carbocycles. The number of aryl methyl sites for hydroxylation is 1. The van der Waals surface area contributed by atoms with Gasteiger partial charge in [-0.25, -0.2) is 0 Å². The van der Waals surface area contributed by atoms with E-state index < -0.39 is 23.6 Å². The molecule has 0 aliphatic rings. The van der Waals surface area contributed by atoms with Gasteiger partial charge < -0.3 is 11.1 Å². The summed E-state index contributed by atoms with van der Waals surface area (Å²) in [6.07, 6.45) is 3.15. The zero-order valence-electron chi connectivity index (χ0n) is 17.2. The Morgan fingerprint density at radius 2 is 1.73 bits per heavy atom. The number of carbonyl (C=O) groups excluding carboxylic acids is 3. The number of nitrogens with zero attached hydrogens (tertiary/aromatic N) is 3. The summed E-state index contributed by atoms with van der Waals surface area (Å²) in [5, 5.41) is 6.74. The summed E-state index contributed by atoms with van der Waals surface area (Å²) in [4.78, 5) is 40.8. The van der Waals surface area contributed by atoms with Crippen LogP contribution in [0.1, 0.15) is 29.8 Å². The fourth-order valence-corrected chi connectivity index (χ4v) is 2.88. The molecule has 3 rings (SSSR count). The second kappa shape index (κ2) is 10.7. The first-order valence-corrected chi connectivity index (χ1v) is 9.59. The Morgan fingerprint density at radius 3 is 2.33 bits per heavy atom. The van der Waals surface area contributed by atoms with Crippen molar-refractivity contribution < 1.29 is 14.4 Å². The smallest absolute Gasteiger partial charge is 0.287 e. The van der Waals surface area contributed by atoms with Crippen molar-refractivity contribution in [2.45, 2.75) is 26.3 Å². The third-order valence-electron chi connectivity index (χ3n) is 4.24. The third kappa shape index (κ3) is 5.38. The molecule has 1 unspecified atom stereocenters. The van der Waals surface area contributed by atoms with E-state index in [2.05, 4.69) is 15.4 Å². The summed E-state index contributed by atoms with van der Waals surface area (Å²) in [7, 11) is 1.69. The Balaban J connectivity index is 0.00000155. The molecule has 156 valence electrons. The molecular formula is C22H25N5O3. The molecular weight excluding hydrogens is 382 g/mol. The van der Waals surface area contributed by atoms with Gasteiger partial charge in [0.2, 0.25) is 5.78 Å². The van der Waals surface area contributed by atoms with Crippen molar-refractivity contribution >= 4 is 17.6 Å². The quantitative estimate of drug-likeness (QED) is 0.580. The summed E-state index contributed by atoms with van der Waals surface area (Å²) in [5.41, 5.74) is 7.27. The molecule has 8 heteroatoms. The van der Waals surface area contributed by atoms with Crippen LogP contribution in [0.25, 0.3) is 11.4 Å². The minimum atomic E-state index is -1.10. The molecule has 0 bridgehead atoms. The molecule has 2 heterocycles. The molecule has 0 saturated heterocycles. The van der Waals surface area contributed by atoms with Crippen molar-refractivity contribution in [1.82, 2.24) is 20.1 Å². The normalized spacial score (nSPS) is 11.0. The molecule has 1 aromatic carbocycles. The maximum absolute atomic E-state index is 12.9. The van der Waals surface area contributed by atoms with Gasteiger partial charge in [0, 0.05) is 19.7 Å². The lowest BCUT2D eigenvalue weighted by atomic mass is 10.0. The van der Waals surface area contributed by atoms with Crippen LogP contribution in [0, 0.1) is 0 Å². The fraction of sp³-hybridized carbons (Fsp3) is 0.227. The van der Waals surface area contributed by atoms with E-state index in [0.717, 1.165) is 5.56 Å². The van der Waals surface area contributed by atoms with E-state index in [1.165, 1.54) is 10.9 Å². The largest absolute Gasteiger partial charge is 0.363 e. The number of rotatable bonds is 7. The Bertz CT molecular complexity index is 1000. The van der Waals surface area contributed by atoms with Crippen molar-refractivity contribution in [3.05, 3.63) is 72.1 Å². The van der Waals surface area contributed by atoms with Crippen LogP contribution in [-0.2, 0) is 23.1 Å². The van der Waals surface area contributed by atoms with Gasteiger partial charge in [0.25, 0.3) is 11.8 Å². The number of nitrogens with two attached hydrogens (primary N) is 1. The number of carbonyl (C=O) groups is 3. The van der Waals surface area contributed by atoms with E-state index in [1.807, 2.05) is 32.0 Å². The minimum absolute atomic E-state index is 0.146. The number of hydrogen-bond donors (Lipinski definition) is 2. The second-order valence-electron chi connectivity index (χ2n) is 6.19. The van der Waals surface area contributed by atoms with Gasteiger partial charge in [-0.1, -0.05) is 50.2 Å². The van der Waals surface area contributed by atoms with Gasteiger partial charge in [-0.05, 0) is 17.7 Å². The van der Waals surface area contributed by atoms with Crippen LogP contribution in [0.5, 0.6) is 0 Å². The first-order valence-electron chi connectivity index (χ1n) is 9.59. The van der Waals surface area contributed by atoms with E-state index in [9.17, 15) is 14.4 Å². The first-order chi connectivity index (χ1) is 14.5. The molecule has 2 aromatic heterocycles. The highest BCUT2D eigenvalue weighted by molar-refractivity contribution is 6.38. The van der Waals surface area contributed by atoms with Crippen LogP contribution in [0.3, 0.4) is 0 Å². The summed E-state index contributed by atoms with van der Waals surface area (Å²) in [6.45, 7) is 4.00. The van der Waals surface area contributed by atoms with Gasteiger partial charge in [0.1, 0.15) is 6.04 Å². The maximum atomic E-state index is 12.9. The highest BCUT2D eigenvalue weighted by Crippen LogP contribution is 2.21. The predicted octanol–water partition coefficient (Wildman–Crippen LogP) is 1.90. The second-order valence-corrected chi connectivity index (χ2v) is 6.19. The molecule has 30 heavy (non-hydrogen) atoms. The molecule has 3 N–H and O–H groups in total. The van der Waals surface area contributed by atoms with Crippen LogP contribution in [0.4, 0.5) is 0 Å². The van der Waals surface area contributed by atoms with Gasteiger partial charge in [-0.2, -0.15) is 5.10 Å². The molecule has 0 spiro atoms. The summed E-state index contributed by atoms with van der Waals surface area (Å²) in [6, 6.07) is 13.3. The van der Waals surface area contributed by atoms with E-state index in [1.54, 1.807) is 43.6 Å². The van der Waals surface area contributed by atoms with E-state index in [0.29, 0.717) is 11.4 Å². The Morgan fingerprint density at radius 1 is 1.07 bits per heavy atom. The van der Waals surface area contributed by atoms with Gasteiger partial charge in [-0.3, -0.25) is 24.0 Å². The Hall–Kier alpha value is -3.81. The lowest BCUT2D eigenvalue weighted by Crippen LogP contribution is -2.47. The number of amides is 2. The fourth-order valence-electron chi connectivity index (χ4n) is 2.88. The highest BCUT2D eigenvalue weighted by Gasteiger charge is 2.28. The van der Waals surface area contributed by atoms with Crippen molar-refractivity contribution in [2.75, 3.05) is 0 Å². The number of nitrogens with one attached hydrogen (secondary N) is 1. The number of hydrogen-bond acceptors (Lipinski definition) is 5. The zero-order valence-corrected chi connectivity index (χ0v) is 17.2. The number of primary amides is 1. The SMILES string of the molecule is CC.Cn1ncc(C(=O)NC(Cc2ccccc2)C(=O)C(N)=O)c1-c1ccccn1. The van der Waals surface area contributed by atoms with Gasteiger partial charge in [0.05, 0.1) is 23.1 Å². The van der Waals surface area contributed by atoms with Crippen molar-refractivity contribution in [1.29, 1.82) is 0 Å². The molecule has 8 nitrogen and oxygen atoms in total. The van der Waals surface area contributed by atoms with Gasteiger partial charge in [0.15, 0.2) is 0 Å². The van der Waals surface area contributed by atoms with Crippen LogP contribution < -0.4 is 11.1 Å². The van der Waals surface area contributed by atoms with Crippen LogP contribution in [0.15, 0.2) is 60.9 Å². The number of aromatic nitrogens is 3. The van der Waals surface area contributed by atoms with Crippen molar-refractivity contribution in [3.8, 4) is 11.4 Å². The number of Topliss-reactive ketones (excluding diaryl/α,β-unsaturated/α-hetero) is 1. The number of benzene rings is 1. The lowest BCUT2D eigenvalue weighted by molar-refractivity contribution is -0.137. The lowest BCUT2D eigenvalue weighted by Gasteiger charge is -2.16. The van der Waals surface area contributed by atoms with Crippen molar-refractivity contribution in [3.63, 3.8) is 0 Å². The number of pyridine rings is 1. The van der Waals surface area contributed by atoms with Crippen LogP contribution in [0.2, 0.25) is 0 Å². The van der Waals surface area contributed by atoms with E-state index >= 15 is 0 Å². The topological polar surface area (TPSA) is 120 Å². The summed E-state index contributed by atoms with van der Waals surface area (Å²) >= 11 is 0. The molecule has 0 fully saturated rings. The van der Waals surface area contributed by atoms with Gasteiger partial charge >= 0.3 is 0 Å². The molecule has 0 aliphatic heterocycles. The standard InChI is InChI=1S/C20H19N5O3.C2H6/c1-25-17(15-9-5-6-10-22-15)14(12-23-25)20(28)24-16(18(26)19(21)27)11-13-7-3-2-4-8-13;1-2/h2-10,12,16H,11H2,1H3,(H2,21,27)(H,24,28);1-2H3. The Labute approximate surface area is 175 Å². The minimum Gasteiger partial charge on any atom is -0.363 e. The van der Waals surface area contributed by atoms with E-state index in [4.69, 9.17) is 5.73 Å². The van der Waals surface area contributed by atoms with Crippen LogP contribution in [-0.4, -0.2) is 38.4 Å². The van der Waals surface area contributed by atoms with Gasteiger partial charge in [-0.15, -0.1) is 0 Å². The number of ketones is 1. The predicted molar refractivity (Wildman–Crippen MR) is 113 cm³/mol. The molecule has 2 amide bonds. The first kappa shape index (κ1) is 22.5. The molecule has 0 radical (unpaired) electrons. The summed E-state index contributed by atoms with van der Waals surface area (Å²) < 4.78 is 1.53. The summed E-state index contributed by atoms with van der Waals surface area (Å²) in [5.74, 6) is -2.50. The third-order valence-corrected chi connectivity index (χ3v) is 4.24. The average molecular weight is 407 g/mol. The highest BCUT2D eigenvalue weighted by atomic mass is 16.2. The molecule has 1 atom stereocenters. The zero-order chi connectivity index (χ0) is 22.1.